The number of halogens is 1. The monoisotopic (exact) mass is 196 g/mol. The number of nitrogens with one attached hydrogen (secondary N) is 1. The molecule has 0 amide bonds. The van der Waals surface area contributed by atoms with E-state index in [1.54, 1.807) is 6.07 Å². The number of hydrogen-bond acceptors (Lipinski definition) is 2. The summed E-state index contributed by atoms with van der Waals surface area (Å²) in [4.78, 5) is 17.4. The van der Waals surface area contributed by atoms with Crippen LogP contribution in [0.1, 0.15) is 10.4 Å². The van der Waals surface area contributed by atoms with Gasteiger partial charge in [-0.25, -0.2) is 9.78 Å². The van der Waals surface area contributed by atoms with Gasteiger partial charge in [-0.15, -0.1) is 0 Å². The predicted molar refractivity (Wildman–Crippen MR) is 48.1 cm³/mol. The number of nitrogens with zero attached hydrogens (tertiary/aromatic N) is 1. The molecule has 1 aromatic heterocycles. The molecule has 1 aromatic carbocycles. The van der Waals surface area contributed by atoms with Crippen LogP contribution >= 0.6 is 11.6 Å². The second-order valence-corrected chi connectivity index (χ2v) is 2.91. The van der Waals surface area contributed by atoms with Gasteiger partial charge in [-0.05, 0) is 12.1 Å². The number of aromatic nitrogens is 2. The fourth-order valence-corrected chi connectivity index (χ4v) is 1.43. The van der Waals surface area contributed by atoms with E-state index in [0.29, 0.717) is 5.52 Å². The van der Waals surface area contributed by atoms with Crippen molar-refractivity contribution in [1.29, 1.82) is 0 Å². The Balaban J connectivity index is 2.80. The molecule has 2 N–H and O–H groups in total. The van der Waals surface area contributed by atoms with Crippen molar-refractivity contribution in [2.75, 3.05) is 0 Å². The molecule has 5 heteroatoms. The van der Waals surface area contributed by atoms with E-state index in [-0.39, 0.29) is 10.6 Å². The molecule has 0 aliphatic rings. The summed E-state index contributed by atoms with van der Waals surface area (Å²) in [5.41, 5.74) is 1.29. The van der Waals surface area contributed by atoms with Crippen molar-refractivity contribution < 1.29 is 9.90 Å². The van der Waals surface area contributed by atoms with Gasteiger partial charge < -0.3 is 10.1 Å². The normalized spacial score (nSPS) is 10.5. The third-order valence-electron chi connectivity index (χ3n) is 1.76. The van der Waals surface area contributed by atoms with Crippen LogP contribution in [0.25, 0.3) is 11.0 Å². The summed E-state index contributed by atoms with van der Waals surface area (Å²) in [5, 5.41) is 8.91. The lowest BCUT2D eigenvalue weighted by atomic mass is 10.2. The summed E-state index contributed by atoms with van der Waals surface area (Å²) < 4.78 is 0. The number of aromatic amines is 1. The Labute approximate surface area is 78.2 Å². The molecule has 0 unspecified atom stereocenters. The number of carboxylic acids is 1. The van der Waals surface area contributed by atoms with Crippen LogP contribution in [0.2, 0.25) is 5.02 Å². The molecule has 0 fully saturated rings. The zero-order chi connectivity index (χ0) is 9.42. The van der Waals surface area contributed by atoms with Crippen molar-refractivity contribution in [2.45, 2.75) is 0 Å². The molecule has 2 aromatic rings. The molecule has 4 nitrogen and oxygen atoms in total. The van der Waals surface area contributed by atoms with Gasteiger partial charge in [0.25, 0.3) is 0 Å². The Morgan fingerprint density at radius 1 is 1.54 bits per heavy atom. The van der Waals surface area contributed by atoms with Crippen LogP contribution in [0.5, 0.6) is 0 Å². The number of imidazole rings is 1. The molecule has 0 bridgehead atoms. The molecular formula is C8H5ClN2O2. The van der Waals surface area contributed by atoms with E-state index in [0.717, 1.165) is 5.52 Å². The van der Waals surface area contributed by atoms with E-state index < -0.39 is 5.97 Å². The number of benzene rings is 1. The lowest BCUT2D eigenvalue weighted by molar-refractivity contribution is 0.0697. The summed E-state index contributed by atoms with van der Waals surface area (Å²) in [6, 6.07) is 3.09. The number of carboxylic acid groups (broad SMARTS) is 1. The first-order valence-corrected chi connectivity index (χ1v) is 3.93. The van der Waals surface area contributed by atoms with Crippen molar-refractivity contribution in [3.8, 4) is 0 Å². The van der Waals surface area contributed by atoms with Crippen molar-refractivity contribution in [3.05, 3.63) is 29.0 Å². The third-order valence-corrected chi connectivity index (χ3v) is 2.14. The van der Waals surface area contributed by atoms with E-state index in [1.165, 1.54) is 12.4 Å². The average molecular weight is 197 g/mol. The molecule has 0 saturated carbocycles. The highest BCUT2D eigenvalue weighted by Crippen LogP contribution is 2.24. The Hall–Kier alpha value is -1.55. The number of H-pyrrole nitrogens is 1. The van der Waals surface area contributed by atoms with Gasteiger partial charge in [0.2, 0.25) is 0 Å². The summed E-state index contributed by atoms with van der Waals surface area (Å²) in [5.74, 6) is -1.05. The highest BCUT2D eigenvalue weighted by Gasteiger charge is 2.12. The zero-order valence-corrected chi connectivity index (χ0v) is 7.17. The molecular weight excluding hydrogens is 192 g/mol. The minimum absolute atomic E-state index is 0.0706. The number of fused-ring (bicyclic) bond motifs is 1. The zero-order valence-electron chi connectivity index (χ0n) is 6.41. The van der Waals surface area contributed by atoms with Gasteiger partial charge in [0, 0.05) is 0 Å². The maximum Gasteiger partial charge on any atom is 0.337 e. The maximum absolute atomic E-state index is 10.7. The van der Waals surface area contributed by atoms with Crippen LogP contribution in [-0.2, 0) is 0 Å². The van der Waals surface area contributed by atoms with Crippen LogP contribution in [0.4, 0.5) is 0 Å². The SMILES string of the molecule is O=C(O)c1ccc2[nH]cnc2c1Cl. The van der Waals surface area contributed by atoms with Crippen LogP contribution in [0, 0.1) is 0 Å². The molecule has 0 aliphatic heterocycles. The van der Waals surface area contributed by atoms with Gasteiger partial charge in [0.05, 0.1) is 22.4 Å². The fourth-order valence-electron chi connectivity index (χ4n) is 1.14. The number of aromatic carboxylic acids is 1. The average Bonchev–Trinajstić information content (AvgIpc) is 2.52. The largest absolute Gasteiger partial charge is 0.478 e. The topological polar surface area (TPSA) is 66.0 Å². The Morgan fingerprint density at radius 3 is 3.00 bits per heavy atom. The van der Waals surface area contributed by atoms with Gasteiger partial charge in [0.1, 0.15) is 5.52 Å². The Morgan fingerprint density at radius 2 is 2.31 bits per heavy atom. The predicted octanol–water partition coefficient (Wildman–Crippen LogP) is 1.91. The Bertz CT molecular complexity index is 478. The molecule has 66 valence electrons. The lowest BCUT2D eigenvalue weighted by Crippen LogP contribution is -1.97. The molecule has 13 heavy (non-hydrogen) atoms. The van der Waals surface area contributed by atoms with Gasteiger partial charge in [-0.3, -0.25) is 0 Å². The van der Waals surface area contributed by atoms with Crippen molar-refractivity contribution in [1.82, 2.24) is 9.97 Å². The minimum atomic E-state index is -1.05. The first-order chi connectivity index (χ1) is 6.20. The quantitative estimate of drug-likeness (QED) is 0.732. The summed E-state index contributed by atoms with van der Waals surface area (Å²) in [6.45, 7) is 0. The second-order valence-electron chi connectivity index (χ2n) is 2.53. The summed E-state index contributed by atoms with van der Waals surface area (Å²) in [7, 11) is 0. The summed E-state index contributed by atoms with van der Waals surface area (Å²) in [6.07, 6.45) is 1.47. The first kappa shape index (κ1) is 8.07. The molecule has 0 aliphatic carbocycles. The minimum Gasteiger partial charge on any atom is -0.478 e. The van der Waals surface area contributed by atoms with Crippen molar-refractivity contribution in [3.63, 3.8) is 0 Å². The second kappa shape index (κ2) is 2.74. The first-order valence-electron chi connectivity index (χ1n) is 3.55. The van der Waals surface area contributed by atoms with E-state index in [2.05, 4.69) is 9.97 Å². The highest BCUT2D eigenvalue weighted by atomic mass is 35.5. The van der Waals surface area contributed by atoms with Crippen molar-refractivity contribution in [2.24, 2.45) is 0 Å². The van der Waals surface area contributed by atoms with Crippen LogP contribution < -0.4 is 0 Å². The molecule has 0 saturated heterocycles. The van der Waals surface area contributed by atoms with Crippen LogP contribution in [-0.4, -0.2) is 21.0 Å². The van der Waals surface area contributed by atoms with Gasteiger partial charge in [-0.2, -0.15) is 0 Å². The summed E-state index contributed by atoms with van der Waals surface area (Å²) >= 11 is 5.81. The maximum atomic E-state index is 10.7. The van der Waals surface area contributed by atoms with Gasteiger partial charge >= 0.3 is 5.97 Å². The molecule has 1 heterocycles. The van der Waals surface area contributed by atoms with E-state index in [9.17, 15) is 4.79 Å². The fraction of sp³-hybridized carbons (Fsp3) is 0. The highest BCUT2D eigenvalue weighted by molar-refractivity contribution is 6.37. The van der Waals surface area contributed by atoms with Crippen LogP contribution in [0.3, 0.4) is 0 Å². The number of hydrogen-bond donors (Lipinski definition) is 2. The molecule has 2 rings (SSSR count). The standard InChI is InChI=1S/C8H5ClN2O2/c9-6-4(8(12)13)1-2-5-7(6)11-3-10-5/h1-3H,(H,10,11)(H,12,13). The van der Waals surface area contributed by atoms with E-state index in [4.69, 9.17) is 16.7 Å². The molecule has 0 spiro atoms. The van der Waals surface area contributed by atoms with Gasteiger partial charge in [0.15, 0.2) is 0 Å². The van der Waals surface area contributed by atoms with Gasteiger partial charge in [-0.1, -0.05) is 11.6 Å². The number of rotatable bonds is 1. The van der Waals surface area contributed by atoms with E-state index >= 15 is 0 Å². The molecule has 0 radical (unpaired) electrons. The Kier molecular flexibility index (Phi) is 1.70. The third kappa shape index (κ3) is 1.15. The smallest absolute Gasteiger partial charge is 0.337 e. The van der Waals surface area contributed by atoms with Crippen molar-refractivity contribution >= 4 is 28.6 Å². The number of carbonyl (C=O) groups is 1. The van der Waals surface area contributed by atoms with E-state index in [1.807, 2.05) is 0 Å². The molecule has 0 atom stereocenters. The van der Waals surface area contributed by atoms with Crippen LogP contribution in [0.15, 0.2) is 18.5 Å². The lowest BCUT2D eigenvalue weighted by Gasteiger charge is -1.97.